The number of benzene rings is 2. The maximum atomic E-state index is 12.6. The molecule has 0 fully saturated rings. The minimum atomic E-state index is -0.324. The van der Waals surface area contributed by atoms with Crippen LogP contribution >= 0.6 is 0 Å². The Morgan fingerprint density at radius 1 is 1.07 bits per heavy atom. The first-order valence-corrected chi connectivity index (χ1v) is 8.58. The van der Waals surface area contributed by atoms with Gasteiger partial charge in [0.25, 0.3) is 5.91 Å². The summed E-state index contributed by atoms with van der Waals surface area (Å²) in [6.45, 7) is 5.69. The fraction of sp³-hybridized carbons (Fsp3) is 0.190. The van der Waals surface area contributed by atoms with Gasteiger partial charge in [0.1, 0.15) is 6.54 Å². The van der Waals surface area contributed by atoms with Gasteiger partial charge in [-0.25, -0.2) is 0 Å². The van der Waals surface area contributed by atoms with E-state index in [9.17, 15) is 14.4 Å². The number of para-hydroxylation sites is 1. The van der Waals surface area contributed by atoms with E-state index in [-0.39, 0.29) is 24.3 Å². The average molecular weight is 363 g/mol. The molecule has 138 valence electrons. The van der Waals surface area contributed by atoms with E-state index in [0.717, 1.165) is 11.1 Å². The minimum absolute atomic E-state index is 0.0622. The summed E-state index contributed by atoms with van der Waals surface area (Å²) in [5.41, 5.74) is 3.26. The first kappa shape index (κ1) is 18.4. The highest BCUT2D eigenvalue weighted by Gasteiger charge is 2.31. The van der Waals surface area contributed by atoms with Crippen LogP contribution in [0.5, 0.6) is 0 Å². The third kappa shape index (κ3) is 3.74. The van der Waals surface area contributed by atoms with Crippen LogP contribution in [-0.4, -0.2) is 41.1 Å². The zero-order chi connectivity index (χ0) is 19.6. The first-order valence-electron chi connectivity index (χ1n) is 8.58. The van der Waals surface area contributed by atoms with Crippen LogP contribution in [0, 0.1) is 0 Å². The molecule has 0 aromatic heterocycles. The Hall–Kier alpha value is -3.41. The molecule has 1 aliphatic heterocycles. The molecule has 0 atom stereocenters. The molecule has 0 saturated carbocycles. The molecule has 1 N–H and O–H groups in total. The van der Waals surface area contributed by atoms with Crippen molar-refractivity contribution in [3.05, 3.63) is 71.8 Å². The Bertz CT molecular complexity index is 901. The predicted octanol–water partition coefficient (Wildman–Crippen LogP) is 2.73. The molecule has 3 rings (SSSR count). The third-order valence-electron chi connectivity index (χ3n) is 4.58. The van der Waals surface area contributed by atoms with Gasteiger partial charge in [-0.15, -0.1) is 0 Å². The number of anilines is 1. The van der Waals surface area contributed by atoms with Gasteiger partial charge in [-0.3, -0.25) is 19.3 Å². The smallest absolute Gasteiger partial charge is 0.259 e. The summed E-state index contributed by atoms with van der Waals surface area (Å²) < 4.78 is 0. The number of nitrogens with zero attached hydrogens (tertiary/aromatic N) is 2. The van der Waals surface area contributed by atoms with Crippen LogP contribution in [0.1, 0.15) is 28.4 Å². The highest BCUT2D eigenvalue weighted by molar-refractivity contribution is 6.11. The minimum Gasteiger partial charge on any atom is -0.342 e. The maximum absolute atomic E-state index is 12.6. The van der Waals surface area contributed by atoms with Crippen LogP contribution in [0.25, 0.3) is 5.70 Å². The zero-order valence-electron chi connectivity index (χ0n) is 15.4. The first-order chi connectivity index (χ1) is 12.9. The van der Waals surface area contributed by atoms with Crippen molar-refractivity contribution in [1.82, 2.24) is 9.80 Å². The van der Waals surface area contributed by atoms with Crippen LogP contribution in [0.3, 0.4) is 0 Å². The van der Waals surface area contributed by atoms with Crippen molar-refractivity contribution in [2.24, 2.45) is 0 Å². The fourth-order valence-electron chi connectivity index (χ4n) is 2.98. The van der Waals surface area contributed by atoms with Crippen molar-refractivity contribution in [1.29, 1.82) is 0 Å². The lowest BCUT2D eigenvalue weighted by atomic mass is 10.1. The summed E-state index contributed by atoms with van der Waals surface area (Å²) in [5, 5.41) is 2.84. The van der Waals surface area contributed by atoms with Crippen LogP contribution in [0.15, 0.2) is 55.1 Å². The topological polar surface area (TPSA) is 69.7 Å². The lowest BCUT2D eigenvalue weighted by Gasteiger charge is -2.20. The number of rotatable bonds is 5. The van der Waals surface area contributed by atoms with E-state index in [0.29, 0.717) is 23.5 Å². The molecule has 0 radical (unpaired) electrons. The molecule has 0 saturated heterocycles. The second kappa shape index (κ2) is 7.45. The summed E-state index contributed by atoms with van der Waals surface area (Å²) in [6, 6.07) is 14.5. The molecule has 2 aromatic rings. The summed E-state index contributed by atoms with van der Waals surface area (Å²) >= 11 is 0. The zero-order valence-corrected chi connectivity index (χ0v) is 15.4. The van der Waals surface area contributed by atoms with E-state index in [2.05, 4.69) is 11.9 Å². The van der Waals surface area contributed by atoms with Crippen molar-refractivity contribution in [2.45, 2.75) is 13.5 Å². The van der Waals surface area contributed by atoms with E-state index < -0.39 is 0 Å². The number of hydrogen-bond donors (Lipinski definition) is 1. The van der Waals surface area contributed by atoms with Crippen molar-refractivity contribution in [3.8, 4) is 0 Å². The number of carbonyl (C=O) groups excluding carboxylic acids is 3. The normalized spacial score (nSPS) is 12.7. The van der Waals surface area contributed by atoms with Crippen LogP contribution in [0.2, 0.25) is 0 Å². The van der Waals surface area contributed by atoms with E-state index in [4.69, 9.17) is 0 Å². The molecule has 3 amide bonds. The molecular formula is C21H21N3O3. The Balaban J connectivity index is 1.72. The summed E-state index contributed by atoms with van der Waals surface area (Å²) in [7, 11) is 1.70. The van der Waals surface area contributed by atoms with E-state index >= 15 is 0 Å². The second-order valence-corrected chi connectivity index (χ2v) is 6.46. The number of amides is 3. The molecule has 0 unspecified atom stereocenters. The average Bonchev–Trinajstić information content (AvgIpc) is 2.88. The maximum Gasteiger partial charge on any atom is 0.259 e. The Morgan fingerprint density at radius 2 is 1.70 bits per heavy atom. The monoisotopic (exact) mass is 363 g/mol. The molecule has 0 spiro atoms. The van der Waals surface area contributed by atoms with Crippen LogP contribution in [0.4, 0.5) is 5.69 Å². The number of nitrogens with one attached hydrogen (secondary N) is 1. The Labute approximate surface area is 158 Å². The number of carbonyl (C=O) groups is 3. The number of fused-ring (bicyclic) bond motifs is 1. The SMILES string of the molecule is C=C1c2ccccc2C(=O)N1CC(=O)Nc1ccccc1CN(C)C(C)=O. The molecule has 1 aliphatic rings. The van der Waals surface area contributed by atoms with Crippen molar-refractivity contribution < 1.29 is 14.4 Å². The largest absolute Gasteiger partial charge is 0.342 e. The van der Waals surface area contributed by atoms with Crippen molar-refractivity contribution in [2.75, 3.05) is 18.9 Å². The van der Waals surface area contributed by atoms with Gasteiger partial charge in [0.05, 0.1) is 0 Å². The quantitative estimate of drug-likeness (QED) is 0.888. The van der Waals surface area contributed by atoms with E-state index in [1.165, 1.54) is 11.8 Å². The van der Waals surface area contributed by atoms with Gasteiger partial charge in [0, 0.05) is 43.0 Å². The molecule has 1 heterocycles. The van der Waals surface area contributed by atoms with Gasteiger partial charge in [-0.2, -0.15) is 0 Å². The summed E-state index contributed by atoms with van der Waals surface area (Å²) in [4.78, 5) is 39.5. The molecule has 6 heteroatoms. The predicted molar refractivity (Wildman–Crippen MR) is 104 cm³/mol. The van der Waals surface area contributed by atoms with Crippen LogP contribution < -0.4 is 5.32 Å². The van der Waals surface area contributed by atoms with Gasteiger partial charge < -0.3 is 10.2 Å². The fourth-order valence-corrected chi connectivity index (χ4v) is 2.98. The molecule has 27 heavy (non-hydrogen) atoms. The summed E-state index contributed by atoms with van der Waals surface area (Å²) in [6.07, 6.45) is 0. The highest BCUT2D eigenvalue weighted by atomic mass is 16.2. The summed E-state index contributed by atoms with van der Waals surface area (Å²) in [5.74, 6) is -0.613. The Kier molecular flexibility index (Phi) is 5.07. The lowest BCUT2D eigenvalue weighted by molar-refractivity contribution is -0.128. The molecule has 0 aliphatic carbocycles. The van der Waals surface area contributed by atoms with Gasteiger partial charge in [0.15, 0.2) is 0 Å². The molecular weight excluding hydrogens is 342 g/mol. The molecule has 0 bridgehead atoms. The van der Waals surface area contributed by atoms with Crippen LogP contribution in [-0.2, 0) is 16.1 Å². The van der Waals surface area contributed by atoms with E-state index in [1.807, 2.05) is 30.3 Å². The molecule has 2 aromatic carbocycles. The second-order valence-electron chi connectivity index (χ2n) is 6.46. The highest BCUT2D eigenvalue weighted by Crippen LogP contribution is 2.30. The van der Waals surface area contributed by atoms with Gasteiger partial charge in [0.2, 0.25) is 11.8 Å². The van der Waals surface area contributed by atoms with Gasteiger partial charge in [-0.1, -0.05) is 43.0 Å². The Morgan fingerprint density at radius 3 is 2.37 bits per heavy atom. The van der Waals surface area contributed by atoms with Crippen molar-refractivity contribution >= 4 is 29.1 Å². The van der Waals surface area contributed by atoms with Crippen molar-refractivity contribution in [3.63, 3.8) is 0 Å². The van der Waals surface area contributed by atoms with Gasteiger partial charge in [-0.05, 0) is 17.7 Å². The lowest BCUT2D eigenvalue weighted by Crippen LogP contribution is -2.33. The standard InChI is InChI=1S/C21H21N3O3/c1-14-17-9-5-6-10-18(17)21(27)24(14)13-20(26)22-19-11-7-4-8-16(19)12-23(3)15(2)25/h4-11H,1,12-13H2,2-3H3,(H,22,26). The number of hydrogen-bond acceptors (Lipinski definition) is 3. The molecule has 6 nitrogen and oxygen atoms in total. The van der Waals surface area contributed by atoms with E-state index in [1.54, 1.807) is 30.1 Å². The van der Waals surface area contributed by atoms with Gasteiger partial charge >= 0.3 is 0 Å². The third-order valence-corrected chi connectivity index (χ3v) is 4.58.